The van der Waals surface area contributed by atoms with Crippen LogP contribution in [0.3, 0.4) is 0 Å². The minimum absolute atomic E-state index is 0.274. The van der Waals surface area contributed by atoms with Crippen molar-refractivity contribution in [1.82, 2.24) is 19.6 Å². The third-order valence-corrected chi connectivity index (χ3v) is 2.33. The molecule has 0 spiro atoms. The number of hydrogen-bond donors (Lipinski definition) is 1. The van der Waals surface area contributed by atoms with Crippen molar-refractivity contribution in [3.05, 3.63) is 42.7 Å². The minimum Gasteiger partial charge on any atom is -0.366 e. The van der Waals surface area contributed by atoms with E-state index in [-0.39, 0.29) is 5.95 Å². The van der Waals surface area contributed by atoms with Gasteiger partial charge in [-0.15, -0.1) is 5.10 Å². The van der Waals surface area contributed by atoms with Crippen molar-refractivity contribution < 1.29 is 0 Å². The number of nitrogens with two attached hydrogens (primary N) is 1. The van der Waals surface area contributed by atoms with Gasteiger partial charge in [-0.25, -0.2) is 4.52 Å². The molecule has 0 aliphatic rings. The summed E-state index contributed by atoms with van der Waals surface area (Å²) in [6, 6.07) is 9.60. The highest BCUT2D eigenvalue weighted by atomic mass is 15.3. The molecule has 3 heterocycles. The van der Waals surface area contributed by atoms with Crippen molar-refractivity contribution in [2.45, 2.75) is 0 Å². The van der Waals surface area contributed by atoms with Gasteiger partial charge in [-0.3, -0.25) is 4.98 Å². The Kier molecular flexibility index (Phi) is 1.83. The van der Waals surface area contributed by atoms with Crippen molar-refractivity contribution in [2.75, 3.05) is 5.73 Å². The summed E-state index contributed by atoms with van der Waals surface area (Å²) in [7, 11) is 0. The molecular weight excluding hydrogens is 202 g/mol. The van der Waals surface area contributed by atoms with E-state index in [1.54, 1.807) is 16.9 Å². The van der Waals surface area contributed by atoms with Crippen LogP contribution in [0.25, 0.3) is 16.9 Å². The van der Waals surface area contributed by atoms with Crippen molar-refractivity contribution in [1.29, 1.82) is 0 Å². The van der Waals surface area contributed by atoms with Crippen LogP contribution >= 0.6 is 0 Å². The van der Waals surface area contributed by atoms with E-state index in [1.807, 2.05) is 30.3 Å². The second kappa shape index (κ2) is 3.30. The van der Waals surface area contributed by atoms with Gasteiger partial charge >= 0.3 is 0 Å². The maximum absolute atomic E-state index is 5.58. The van der Waals surface area contributed by atoms with Crippen LogP contribution in [0, 0.1) is 0 Å². The molecule has 3 rings (SSSR count). The summed E-state index contributed by atoms with van der Waals surface area (Å²) in [5.41, 5.74) is 8.22. The lowest BCUT2D eigenvalue weighted by atomic mass is 10.2. The predicted molar refractivity (Wildman–Crippen MR) is 60.6 cm³/mol. The highest BCUT2D eigenvalue weighted by Crippen LogP contribution is 2.18. The zero-order chi connectivity index (χ0) is 11.0. The second-order valence-corrected chi connectivity index (χ2v) is 3.39. The Morgan fingerprint density at radius 2 is 2.06 bits per heavy atom. The smallest absolute Gasteiger partial charge is 0.240 e. The van der Waals surface area contributed by atoms with Gasteiger partial charge in [0.2, 0.25) is 5.95 Å². The highest BCUT2D eigenvalue weighted by molar-refractivity contribution is 5.62. The molecule has 0 saturated heterocycles. The Labute approximate surface area is 91.6 Å². The molecule has 16 heavy (non-hydrogen) atoms. The highest BCUT2D eigenvalue weighted by Gasteiger charge is 2.06. The predicted octanol–water partition coefficient (Wildman–Crippen LogP) is 1.37. The first-order valence-corrected chi connectivity index (χ1v) is 4.86. The molecule has 78 valence electrons. The van der Waals surface area contributed by atoms with E-state index >= 15 is 0 Å². The number of fused-ring (bicyclic) bond motifs is 1. The maximum Gasteiger partial charge on any atom is 0.240 e. The third-order valence-electron chi connectivity index (χ3n) is 2.33. The first-order valence-electron chi connectivity index (χ1n) is 4.86. The van der Waals surface area contributed by atoms with Crippen LogP contribution in [0.1, 0.15) is 0 Å². The monoisotopic (exact) mass is 211 g/mol. The molecule has 0 unspecified atom stereocenters. The van der Waals surface area contributed by atoms with Gasteiger partial charge in [-0.2, -0.15) is 4.98 Å². The molecule has 0 fully saturated rings. The van der Waals surface area contributed by atoms with E-state index in [2.05, 4.69) is 15.1 Å². The standard InChI is InChI=1S/C11H9N5/c12-11-14-10-5-1-4-9(16(10)15-11)8-3-2-6-13-7-8/h1-7H,(H2,12,15). The van der Waals surface area contributed by atoms with E-state index in [9.17, 15) is 0 Å². The SMILES string of the molecule is Nc1nc2cccc(-c3cccnc3)n2n1. The van der Waals surface area contributed by atoms with Crippen LogP contribution in [0.5, 0.6) is 0 Å². The normalized spacial score (nSPS) is 10.8. The van der Waals surface area contributed by atoms with E-state index in [0.29, 0.717) is 0 Å². The Morgan fingerprint density at radius 1 is 1.12 bits per heavy atom. The molecule has 0 radical (unpaired) electrons. The maximum atomic E-state index is 5.58. The van der Waals surface area contributed by atoms with Crippen LogP contribution in [-0.2, 0) is 0 Å². The Balaban J connectivity index is 2.31. The fourth-order valence-corrected chi connectivity index (χ4v) is 1.65. The lowest BCUT2D eigenvalue weighted by Gasteiger charge is -2.02. The van der Waals surface area contributed by atoms with E-state index in [1.165, 1.54) is 0 Å². The average molecular weight is 211 g/mol. The van der Waals surface area contributed by atoms with Crippen LogP contribution in [0.2, 0.25) is 0 Å². The van der Waals surface area contributed by atoms with Gasteiger partial charge in [0.05, 0.1) is 5.69 Å². The summed E-state index contributed by atoms with van der Waals surface area (Å²) < 4.78 is 1.71. The molecule has 5 nitrogen and oxygen atoms in total. The summed E-state index contributed by atoms with van der Waals surface area (Å²) in [6.45, 7) is 0. The summed E-state index contributed by atoms with van der Waals surface area (Å²) in [5.74, 6) is 0.274. The average Bonchev–Trinajstić information content (AvgIpc) is 2.70. The molecule has 0 aliphatic carbocycles. The van der Waals surface area contributed by atoms with Crippen LogP contribution < -0.4 is 5.73 Å². The number of hydrogen-bond acceptors (Lipinski definition) is 4. The summed E-state index contributed by atoms with van der Waals surface area (Å²) in [4.78, 5) is 8.19. The van der Waals surface area contributed by atoms with Crippen molar-refractivity contribution in [3.63, 3.8) is 0 Å². The summed E-state index contributed by atoms with van der Waals surface area (Å²) >= 11 is 0. The molecule has 3 aromatic rings. The van der Waals surface area contributed by atoms with Crippen molar-refractivity contribution in [3.8, 4) is 11.3 Å². The van der Waals surface area contributed by atoms with Crippen LogP contribution in [0.4, 0.5) is 5.95 Å². The minimum atomic E-state index is 0.274. The lowest BCUT2D eigenvalue weighted by Crippen LogP contribution is -1.94. The van der Waals surface area contributed by atoms with Gasteiger partial charge in [-0.1, -0.05) is 6.07 Å². The number of aromatic nitrogens is 4. The lowest BCUT2D eigenvalue weighted by molar-refractivity contribution is 0.975. The molecule has 5 heteroatoms. The first kappa shape index (κ1) is 8.84. The quantitative estimate of drug-likeness (QED) is 0.660. The fraction of sp³-hybridized carbons (Fsp3) is 0. The van der Waals surface area contributed by atoms with E-state index < -0.39 is 0 Å². The Morgan fingerprint density at radius 3 is 2.88 bits per heavy atom. The van der Waals surface area contributed by atoms with Gasteiger partial charge in [0.1, 0.15) is 0 Å². The van der Waals surface area contributed by atoms with Gasteiger partial charge in [0, 0.05) is 18.0 Å². The van der Waals surface area contributed by atoms with Gasteiger partial charge < -0.3 is 5.73 Å². The molecule has 0 aromatic carbocycles. The van der Waals surface area contributed by atoms with Crippen molar-refractivity contribution >= 4 is 11.6 Å². The molecule has 0 aliphatic heterocycles. The molecule has 0 atom stereocenters. The topological polar surface area (TPSA) is 69.1 Å². The molecule has 2 N–H and O–H groups in total. The van der Waals surface area contributed by atoms with E-state index in [4.69, 9.17) is 5.73 Å². The molecule has 0 amide bonds. The molecule has 0 bridgehead atoms. The Hall–Kier alpha value is -2.43. The third kappa shape index (κ3) is 1.30. The van der Waals surface area contributed by atoms with Crippen LogP contribution in [0.15, 0.2) is 42.7 Å². The van der Waals surface area contributed by atoms with Crippen LogP contribution in [-0.4, -0.2) is 19.6 Å². The second-order valence-electron chi connectivity index (χ2n) is 3.39. The molecule has 3 aromatic heterocycles. The zero-order valence-corrected chi connectivity index (χ0v) is 8.41. The Bertz CT molecular complexity index is 629. The van der Waals surface area contributed by atoms with Gasteiger partial charge in [0.15, 0.2) is 5.65 Å². The summed E-state index contributed by atoms with van der Waals surface area (Å²) in [6.07, 6.45) is 3.52. The van der Waals surface area contributed by atoms with Gasteiger partial charge in [0.25, 0.3) is 0 Å². The zero-order valence-electron chi connectivity index (χ0n) is 8.41. The number of anilines is 1. The van der Waals surface area contributed by atoms with Gasteiger partial charge in [-0.05, 0) is 24.3 Å². The summed E-state index contributed by atoms with van der Waals surface area (Å²) in [5, 5.41) is 4.15. The fourth-order valence-electron chi connectivity index (χ4n) is 1.65. The first-order chi connectivity index (χ1) is 7.84. The largest absolute Gasteiger partial charge is 0.366 e. The van der Waals surface area contributed by atoms with E-state index in [0.717, 1.165) is 16.9 Å². The number of nitrogens with zero attached hydrogens (tertiary/aromatic N) is 4. The number of nitrogen functional groups attached to an aromatic ring is 1. The molecular formula is C11H9N5. The van der Waals surface area contributed by atoms with Crippen molar-refractivity contribution in [2.24, 2.45) is 0 Å². The number of rotatable bonds is 1. The number of pyridine rings is 2. The molecule has 0 saturated carbocycles.